The number of allylic oxidation sites excluding steroid dienone is 2. The molecular weight excluding hydrogens is 308 g/mol. The smallest absolute Gasteiger partial charge is 0.340 e. The van der Waals surface area contributed by atoms with E-state index in [1.165, 1.54) is 7.11 Å². The fourth-order valence-electron chi connectivity index (χ4n) is 2.29. The van der Waals surface area contributed by atoms with E-state index < -0.39 is 17.9 Å². The predicted molar refractivity (Wildman–Crippen MR) is 93.4 cm³/mol. The second-order valence-electron chi connectivity index (χ2n) is 7.43. The fraction of sp³-hybridized carbons (Fsp3) is 0.737. The Bertz CT molecular complexity index is 478. The van der Waals surface area contributed by atoms with Gasteiger partial charge in [-0.15, -0.1) is 0 Å². The molecule has 5 nitrogen and oxygen atoms in total. The second-order valence-corrected chi connectivity index (χ2v) is 7.43. The zero-order chi connectivity index (χ0) is 18.4. The summed E-state index contributed by atoms with van der Waals surface area (Å²) in [5, 5.41) is 0. The number of hydrogen-bond acceptors (Lipinski definition) is 5. The number of carbonyl (C=O) groups excluding carboxylic acids is 1. The molecule has 24 heavy (non-hydrogen) atoms. The van der Waals surface area contributed by atoms with Crippen molar-refractivity contribution in [2.24, 2.45) is 5.41 Å². The van der Waals surface area contributed by atoms with Crippen LogP contribution in [0.15, 0.2) is 23.5 Å². The van der Waals surface area contributed by atoms with E-state index >= 15 is 0 Å². The van der Waals surface area contributed by atoms with Crippen molar-refractivity contribution < 1.29 is 23.7 Å². The third kappa shape index (κ3) is 6.38. The number of hydrogen-bond donors (Lipinski definition) is 0. The van der Waals surface area contributed by atoms with Crippen molar-refractivity contribution in [3.63, 3.8) is 0 Å². The molecule has 0 radical (unpaired) electrons. The third-order valence-electron chi connectivity index (χ3n) is 3.87. The molecule has 1 saturated heterocycles. The molecule has 138 valence electrons. The maximum absolute atomic E-state index is 12.0. The highest BCUT2D eigenvalue weighted by Gasteiger charge is 2.35. The summed E-state index contributed by atoms with van der Waals surface area (Å²) >= 11 is 0. The lowest BCUT2D eigenvalue weighted by Gasteiger charge is -2.35. The van der Waals surface area contributed by atoms with Crippen molar-refractivity contribution in [1.82, 2.24) is 0 Å². The molecule has 1 fully saturated rings. The highest BCUT2D eigenvalue weighted by molar-refractivity contribution is 5.75. The lowest BCUT2D eigenvalue weighted by molar-refractivity contribution is -0.231. The van der Waals surface area contributed by atoms with E-state index in [2.05, 4.69) is 26.8 Å². The summed E-state index contributed by atoms with van der Waals surface area (Å²) in [6.45, 7) is 13.0. The average molecular weight is 340 g/mol. The van der Waals surface area contributed by atoms with Gasteiger partial charge in [0.05, 0.1) is 13.2 Å². The normalized spacial score (nSPS) is 20.6. The Morgan fingerprint density at radius 2 is 1.88 bits per heavy atom. The first-order chi connectivity index (χ1) is 11.1. The van der Waals surface area contributed by atoms with Gasteiger partial charge in [-0.25, -0.2) is 4.79 Å². The van der Waals surface area contributed by atoms with Crippen molar-refractivity contribution >= 4 is 5.97 Å². The fourth-order valence-corrected chi connectivity index (χ4v) is 2.29. The first kappa shape index (κ1) is 20.9. The Labute approximate surface area is 146 Å². The Morgan fingerprint density at radius 1 is 1.29 bits per heavy atom. The van der Waals surface area contributed by atoms with Crippen LogP contribution in [0.1, 0.15) is 54.4 Å². The van der Waals surface area contributed by atoms with Crippen LogP contribution in [0.2, 0.25) is 0 Å². The Balaban J connectivity index is 3.06. The number of rotatable bonds is 6. The molecule has 1 rings (SSSR count). The third-order valence-corrected chi connectivity index (χ3v) is 3.87. The molecule has 0 amide bonds. The summed E-state index contributed by atoms with van der Waals surface area (Å²) < 4.78 is 22.2. The molecule has 1 atom stereocenters. The molecule has 0 spiro atoms. The zero-order valence-corrected chi connectivity index (χ0v) is 16.1. The van der Waals surface area contributed by atoms with Crippen molar-refractivity contribution in [1.29, 1.82) is 0 Å². The number of esters is 1. The molecule has 0 aliphatic carbocycles. The monoisotopic (exact) mass is 340 g/mol. The van der Waals surface area contributed by atoms with Crippen LogP contribution in [0.4, 0.5) is 0 Å². The molecule has 0 aromatic rings. The van der Waals surface area contributed by atoms with E-state index in [1.807, 2.05) is 13.0 Å². The second kappa shape index (κ2) is 8.79. The van der Waals surface area contributed by atoms with E-state index in [0.29, 0.717) is 19.0 Å². The molecule has 1 aliphatic rings. The molecule has 0 aromatic heterocycles. The van der Waals surface area contributed by atoms with Gasteiger partial charge < -0.3 is 18.9 Å². The minimum Gasteiger partial charge on any atom is -0.429 e. The van der Waals surface area contributed by atoms with E-state index in [9.17, 15) is 4.79 Å². The summed E-state index contributed by atoms with van der Waals surface area (Å²) in [7, 11) is 1.48. The van der Waals surface area contributed by atoms with E-state index in [-0.39, 0.29) is 5.41 Å². The standard InChI is InChI=1S/C19H32O5/c1-14(24-17(20)15(2)21-7)16(10-8-11-18(3,4)5)19(6)22-12-9-13-23-19/h8,10,15H,9,11-13H2,1-7H3/b10-8-,16-14-. The highest BCUT2D eigenvalue weighted by Crippen LogP contribution is 2.31. The number of methoxy groups -OCH3 is 1. The minimum atomic E-state index is -0.909. The van der Waals surface area contributed by atoms with Gasteiger partial charge in [0.2, 0.25) is 0 Å². The Morgan fingerprint density at radius 3 is 2.38 bits per heavy atom. The predicted octanol–water partition coefficient (Wildman–Crippen LogP) is 3.98. The quantitative estimate of drug-likeness (QED) is 0.416. The molecule has 0 bridgehead atoms. The highest BCUT2D eigenvalue weighted by atomic mass is 16.7. The maximum atomic E-state index is 12.0. The SMILES string of the molecule is COC(C)C(=O)O/C(C)=C(/C=C\CC(C)(C)C)C1(C)OCCCO1. The van der Waals surface area contributed by atoms with Gasteiger partial charge >= 0.3 is 5.97 Å². The first-order valence-electron chi connectivity index (χ1n) is 8.49. The summed E-state index contributed by atoms with van der Waals surface area (Å²) in [6.07, 6.45) is 5.13. The average Bonchev–Trinajstić information content (AvgIpc) is 2.50. The summed E-state index contributed by atoms with van der Waals surface area (Å²) in [5.74, 6) is -0.873. The number of carbonyl (C=O) groups is 1. The largest absolute Gasteiger partial charge is 0.429 e. The summed E-state index contributed by atoms with van der Waals surface area (Å²) in [4.78, 5) is 12.0. The molecule has 1 unspecified atom stereocenters. The van der Waals surface area contributed by atoms with Gasteiger partial charge in [0, 0.05) is 12.7 Å². The van der Waals surface area contributed by atoms with Crippen LogP contribution in [-0.4, -0.2) is 38.2 Å². The van der Waals surface area contributed by atoms with Gasteiger partial charge in [0.1, 0.15) is 5.76 Å². The lowest BCUT2D eigenvalue weighted by Crippen LogP contribution is -2.40. The van der Waals surface area contributed by atoms with E-state index in [4.69, 9.17) is 18.9 Å². The first-order valence-corrected chi connectivity index (χ1v) is 8.49. The maximum Gasteiger partial charge on any atom is 0.340 e. The van der Waals surface area contributed by atoms with Gasteiger partial charge in [-0.05, 0) is 39.0 Å². The van der Waals surface area contributed by atoms with Crippen LogP contribution >= 0.6 is 0 Å². The number of ether oxygens (including phenoxy) is 4. The molecule has 1 heterocycles. The zero-order valence-electron chi connectivity index (χ0n) is 16.1. The van der Waals surface area contributed by atoms with E-state index in [0.717, 1.165) is 18.4 Å². The van der Waals surface area contributed by atoms with Crippen molar-refractivity contribution in [2.45, 2.75) is 66.3 Å². The summed E-state index contributed by atoms with van der Waals surface area (Å²) in [5.41, 5.74) is 0.898. The van der Waals surface area contributed by atoms with E-state index in [1.54, 1.807) is 13.8 Å². The minimum absolute atomic E-state index is 0.173. The van der Waals surface area contributed by atoms with Gasteiger partial charge in [-0.2, -0.15) is 0 Å². The van der Waals surface area contributed by atoms with Crippen LogP contribution in [-0.2, 0) is 23.7 Å². The molecule has 0 N–H and O–H groups in total. The van der Waals surface area contributed by atoms with Crippen LogP contribution in [0, 0.1) is 5.41 Å². The van der Waals surface area contributed by atoms with Crippen LogP contribution in [0.5, 0.6) is 0 Å². The van der Waals surface area contributed by atoms with Gasteiger partial charge in [0.25, 0.3) is 0 Å². The Hall–Kier alpha value is -1.17. The topological polar surface area (TPSA) is 54.0 Å². The van der Waals surface area contributed by atoms with Gasteiger partial charge in [0.15, 0.2) is 11.9 Å². The lowest BCUT2D eigenvalue weighted by atomic mass is 9.91. The molecular formula is C19H32O5. The van der Waals surface area contributed by atoms with Crippen LogP contribution < -0.4 is 0 Å². The van der Waals surface area contributed by atoms with Crippen molar-refractivity contribution in [3.8, 4) is 0 Å². The van der Waals surface area contributed by atoms with Gasteiger partial charge in [-0.1, -0.05) is 32.9 Å². The van der Waals surface area contributed by atoms with Gasteiger partial charge in [-0.3, -0.25) is 0 Å². The molecule has 0 saturated carbocycles. The molecule has 0 aromatic carbocycles. The van der Waals surface area contributed by atoms with Crippen LogP contribution in [0.25, 0.3) is 0 Å². The van der Waals surface area contributed by atoms with Crippen molar-refractivity contribution in [3.05, 3.63) is 23.5 Å². The van der Waals surface area contributed by atoms with Crippen LogP contribution in [0.3, 0.4) is 0 Å². The van der Waals surface area contributed by atoms with Crippen molar-refractivity contribution in [2.75, 3.05) is 20.3 Å². The molecule has 5 heteroatoms. The summed E-state index contributed by atoms with van der Waals surface area (Å²) in [6, 6.07) is 0. The Kier molecular flexibility index (Phi) is 7.64. The molecule has 1 aliphatic heterocycles.